The van der Waals surface area contributed by atoms with Crippen molar-refractivity contribution in [3.05, 3.63) is 46.2 Å². The van der Waals surface area contributed by atoms with Gasteiger partial charge in [0.25, 0.3) is 11.8 Å². The molecule has 2 aliphatic heterocycles. The van der Waals surface area contributed by atoms with Crippen LogP contribution in [0.2, 0.25) is 0 Å². The zero-order chi connectivity index (χ0) is 18.8. The van der Waals surface area contributed by atoms with Crippen LogP contribution in [0.15, 0.2) is 35.7 Å². The summed E-state index contributed by atoms with van der Waals surface area (Å²) in [5, 5.41) is 1.96. The van der Waals surface area contributed by atoms with Gasteiger partial charge >= 0.3 is 0 Å². The first kappa shape index (κ1) is 18.2. The van der Waals surface area contributed by atoms with E-state index < -0.39 is 0 Å². The fraction of sp³-hybridized carbons (Fsp3) is 0.429. The summed E-state index contributed by atoms with van der Waals surface area (Å²) in [6.45, 7) is 5.03. The van der Waals surface area contributed by atoms with E-state index in [1.807, 2.05) is 45.5 Å². The lowest BCUT2D eigenvalue weighted by atomic mass is 10.0. The van der Waals surface area contributed by atoms with E-state index in [1.54, 1.807) is 11.3 Å². The Kier molecular flexibility index (Phi) is 5.27. The van der Waals surface area contributed by atoms with Crippen LogP contribution in [0.5, 0.6) is 0 Å². The minimum absolute atomic E-state index is 0.0578. The maximum atomic E-state index is 13.1. The maximum absolute atomic E-state index is 13.1. The van der Waals surface area contributed by atoms with Gasteiger partial charge in [-0.1, -0.05) is 30.3 Å². The van der Waals surface area contributed by atoms with Gasteiger partial charge < -0.3 is 14.5 Å². The normalized spacial score (nSPS) is 20.1. The minimum Gasteiger partial charge on any atom is -0.368 e. The summed E-state index contributed by atoms with van der Waals surface area (Å²) in [4.78, 5) is 30.5. The Bertz CT molecular complexity index is 819. The molecule has 4 rings (SSSR count). The van der Waals surface area contributed by atoms with E-state index in [9.17, 15) is 9.59 Å². The molecule has 2 aliphatic rings. The molecule has 1 aromatic heterocycles. The molecular weight excluding hydrogens is 360 g/mol. The number of carbonyl (C=O) groups is 2. The summed E-state index contributed by atoms with van der Waals surface area (Å²) in [5.74, 6) is 0.137. The van der Waals surface area contributed by atoms with Crippen molar-refractivity contribution in [1.29, 1.82) is 0 Å². The van der Waals surface area contributed by atoms with Crippen LogP contribution in [0.25, 0.3) is 11.1 Å². The highest BCUT2D eigenvalue weighted by atomic mass is 32.1. The number of hydrogen-bond donors (Lipinski definition) is 0. The quantitative estimate of drug-likeness (QED) is 0.817. The highest BCUT2D eigenvalue weighted by Gasteiger charge is 2.32. The first-order valence-corrected chi connectivity index (χ1v) is 10.4. The Morgan fingerprint density at radius 1 is 1.07 bits per heavy atom. The Morgan fingerprint density at radius 3 is 2.44 bits per heavy atom. The Labute approximate surface area is 163 Å². The van der Waals surface area contributed by atoms with E-state index in [4.69, 9.17) is 4.74 Å². The van der Waals surface area contributed by atoms with Gasteiger partial charge in [-0.15, -0.1) is 11.3 Å². The average molecular weight is 385 g/mol. The van der Waals surface area contributed by atoms with Crippen molar-refractivity contribution >= 4 is 23.2 Å². The third-order valence-corrected chi connectivity index (χ3v) is 6.26. The Balaban J connectivity index is 1.45. The molecule has 2 aromatic rings. The molecule has 2 saturated heterocycles. The standard InChI is InChI=1S/C21H24N2O3S/c1-15-19(16-6-3-2-4-7-16)17(14-27-15)20(24)22-9-11-23(12-10-22)21(25)18-8-5-13-26-18/h2-4,6-7,14,18H,5,8-13H2,1H3/t18-/m1/s1. The molecule has 0 aliphatic carbocycles. The molecule has 0 unspecified atom stereocenters. The highest BCUT2D eigenvalue weighted by Crippen LogP contribution is 2.33. The second-order valence-electron chi connectivity index (χ2n) is 7.07. The first-order chi connectivity index (χ1) is 13.1. The summed E-state index contributed by atoms with van der Waals surface area (Å²) in [5.41, 5.74) is 2.87. The molecule has 0 bridgehead atoms. The lowest BCUT2D eigenvalue weighted by Gasteiger charge is -2.35. The molecule has 1 atom stereocenters. The largest absolute Gasteiger partial charge is 0.368 e. The summed E-state index contributed by atoms with van der Waals surface area (Å²) in [7, 11) is 0. The molecule has 2 amide bonds. The van der Waals surface area contributed by atoms with E-state index >= 15 is 0 Å². The van der Waals surface area contributed by atoms with Crippen molar-refractivity contribution in [2.24, 2.45) is 0 Å². The van der Waals surface area contributed by atoms with Gasteiger partial charge in [0.1, 0.15) is 6.10 Å². The predicted molar refractivity (Wildman–Crippen MR) is 106 cm³/mol. The molecular formula is C21H24N2O3S. The van der Waals surface area contributed by atoms with E-state index in [1.165, 1.54) is 0 Å². The number of hydrogen-bond acceptors (Lipinski definition) is 4. The van der Waals surface area contributed by atoms with Crippen molar-refractivity contribution in [3.8, 4) is 11.1 Å². The highest BCUT2D eigenvalue weighted by molar-refractivity contribution is 7.10. The third kappa shape index (κ3) is 3.64. The number of carbonyl (C=O) groups excluding carboxylic acids is 2. The number of rotatable bonds is 3. The van der Waals surface area contributed by atoms with E-state index in [0.29, 0.717) is 32.8 Å². The summed E-state index contributed by atoms with van der Waals surface area (Å²) in [6.07, 6.45) is 1.48. The van der Waals surface area contributed by atoms with Crippen LogP contribution in [-0.2, 0) is 9.53 Å². The zero-order valence-corrected chi connectivity index (χ0v) is 16.3. The van der Waals surface area contributed by atoms with E-state index in [0.717, 1.165) is 34.4 Å². The van der Waals surface area contributed by atoms with Crippen molar-refractivity contribution in [2.45, 2.75) is 25.9 Å². The SMILES string of the molecule is Cc1scc(C(=O)N2CCN(C(=O)[C@H]3CCCO3)CC2)c1-c1ccccc1. The molecule has 5 nitrogen and oxygen atoms in total. The molecule has 0 spiro atoms. The van der Waals surface area contributed by atoms with Crippen LogP contribution in [0.4, 0.5) is 0 Å². The van der Waals surface area contributed by atoms with Crippen molar-refractivity contribution in [1.82, 2.24) is 9.80 Å². The molecule has 2 fully saturated rings. The van der Waals surface area contributed by atoms with E-state index in [2.05, 4.69) is 6.92 Å². The Hall–Kier alpha value is -2.18. The van der Waals surface area contributed by atoms with Crippen molar-refractivity contribution in [3.63, 3.8) is 0 Å². The van der Waals surface area contributed by atoms with Crippen LogP contribution in [0.3, 0.4) is 0 Å². The number of nitrogens with zero attached hydrogens (tertiary/aromatic N) is 2. The molecule has 142 valence electrons. The number of benzene rings is 1. The van der Waals surface area contributed by atoms with Gasteiger partial charge in [0.2, 0.25) is 0 Å². The molecule has 27 heavy (non-hydrogen) atoms. The fourth-order valence-corrected chi connectivity index (χ4v) is 4.71. The fourth-order valence-electron chi connectivity index (χ4n) is 3.85. The number of piperazine rings is 1. The van der Waals surface area contributed by atoms with Gasteiger partial charge in [-0.2, -0.15) is 0 Å². The molecule has 0 radical (unpaired) electrons. The average Bonchev–Trinajstić information content (AvgIpc) is 3.37. The second kappa shape index (κ2) is 7.82. The van der Waals surface area contributed by atoms with Crippen LogP contribution in [-0.4, -0.2) is 60.5 Å². The van der Waals surface area contributed by atoms with Gasteiger partial charge in [0.15, 0.2) is 0 Å². The molecule has 0 saturated carbocycles. The van der Waals surface area contributed by atoms with E-state index in [-0.39, 0.29) is 17.9 Å². The number of amides is 2. The van der Waals surface area contributed by atoms with Gasteiger partial charge in [0.05, 0.1) is 5.56 Å². The predicted octanol–water partition coefficient (Wildman–Crippen LogP) is 3.19. The summed E-state index contributed by atoms with van der Waals surface area (Å²) >= 11 is 1.61. The van der Waals surface area contributed by atoms with Crippen molar-refractivity contribution in [2.75, 3.05) is 32.8 Å². The molecule has 0 N–H and O–H groups in total. The smallest absolute Gasteiger partial charge is 0.255 e. The van der Waals surface area contributed by atoms with Crippen LogP contribution < -0.4 is 0 Å². The summed E-state index contributed by atoms with van der Waals surface area (Å²) in [6, 6.07) is 10.1. The second-order valence-corrected chi connectivity index (χ2v) is 8.15. The topological polar surface area (TPSA) is 49.9 Å². The van der Waals surface area contributed by atoms with Crippen LogP contribution >= 0.6 is 11.3 Å². The van der Waals surface area contributed by atoms with Gasteiger partial charge in [-0.3, -0.25) is 9.59 Å². The number of aryl methyl sites for hydroxylation is 1. The van der Waals surface area contributed by atoms with Crippen LogP contribution in [0.1, 0.15) is 28.1 Å². The van der Waals surface area contributed by atoms with Gasteiger partial charge in [-0.25, -0.2) is 0 Å². The molecule has 6 heteroatoms. The lowest BCUT2D eigenvalue weighted by molar-refractivity contribution is -0.142. The lowest BCUT2D eigenvalue weighted by Crippen LogP contribution is -2.52. The molecule has 3 heterocycles. The molecule has 1 aromatic carbocycles. The maximum Gasteiger partial charge on any atom is 0.255 e. The van der Waals surface area contributed by atoms with Crippen LogP contribution in [0, 0.1) is 6.92 Å². The van der Waals surface area contributed by atoms with Gasteiger partial charge in [0, 0.05) is 48.6 Å². The Morgan fingerprint density at radius 2 is 1.78 bits per heavy atom. The van der Waals surface area contributed by atoms with Gasteiger partial charge in [-0.05, 0) is 25.3 Å². The minimum atomic E-state index is -0.281. The number of ether oxygens (including phenoxy) is 1. The third-order valence-electron chi connectivity index (χ3n) is 5.35. The summed E-state index contributed by atoms with van der Waals surface area (Å²) < 4.78 is 5.51. The monoisotopic (exact) mass is 384 g/mol. The number of thiophene rings is 1. The first-order valence-electron chi connectivity index (χ1n) is 9.48. The zero-order valence-electron chi connectivity index (χ0n) is 15.5. The van der Waals surface area contributed by atoms with Crippen molar-refractivity contribution < 1.29 is 14.3 Å².